The average Bonchev–Trinajstić information content (AvgIpc) is 2.85. The molecule has 0 saturated heterocycles. The number of aromatic nitrogens is 4. The topological polar surface area (TPSA) is 52.8 Å². The minimum atomic E-state index is -0.471. The average molecular weight is 285 g/mol. The summed E-state index contributed by atoms with van der Waals surface area (Å²) in [4.78, 5) is 0. The molecule has 0 radical (unpaired) electrons. The minimum Gasteiger partial charge on any atom is -0.485 e. The van der Waals surface area contributed by atoms with E-state index in [1.54, 1.807) is 4.68 Å². The van der Waals surface area contributed by atoms with E-state index < -0.39 is 5.82 Å². The van der Waals surface area contributed by atoms with E-state index in [1.165, 1.54) is 18.2 Å². The van der Waals surface area contributed by atoms with Crippen LogP contribution in [-0.4, -0.2) is 20.2 Å². The number of rotatable bonds is 6. The molecule has 1 aromatic heterocycles. The lowest BCUT2D eigenvalue weighted by Crippen LogP contribution is -2.09. The molecule has 0 aliphatic rings. The van der Waals surface area contributed by atoms with E-state index >= 15 is 0 Å². The van der Waals surface area contributed by atoms with Crippen LogP contribution in [0.2, 0.25) is 5.02 Å². The molecule has 19 heavy (non-hydrogen) atoms. The third-order valence-electron chi connectivity index (χ3n) is 2.59. The molecule has 0 bridgehead atoms. The van der Waals surface area contributed by atoms with Crippen molar-refractivity contribution in [3.05, 3.63) is 34.9 Å². The monoisotopic (exact) mass is 284 g/mol. The number of unbranched alkanes of at least 4 members (excludes halogenated alkanes) is 1. The lowest BCUT2D eigenvalue weighted by Gasteiger charge is -2.07. The summed E-state index contributed by atoms with van der Waals surface area (Å²) in [6, 6.07) is 4.20. The molecule has 0 unspecified atom stereocenters. The van der Waals surface area contributed by atoms with E-state index in [0.29, 0.717) is 11.6 Å². The van der Waals surface area contributed by atoms with E-state index in [-0.39, 0.29) is 11.6 Å². The minimum absolute atomic E-state index is 0.0306. The van der Waals surface area contributed by atoms with E-state index in [4.69, 9.17) is 16.3 Å². The van der Waals surface area contributed by atoms with Gasteiger partial charge in [-0.25, -0.2) is 9.07 Å². The molecule has 102 valence electrons. The number of halogens is 2. The normalized spacial score (nSPS) is 10.7. The van der Waals surface area contributed by atoms with Gasteiger partial charge in [-0.3, -0.25) is 0 Å². The molecule has 0 aliphatic heterocycles. The summed E-state index contributed by atoms with van der Waals surface area (Å²) in [5, 5.41) is 11.4. The van der Waals surface area contributed by atoms with Crippen LogP contribution in [0.1, 0.15) is 25.6 Å². The Balaban J connectivity index is 1.98. The lowest BCUT2D eigenvalue weighted by atomic mass is 10.3. The van der Waals surface area contributed by atoms with E-state index in [2.05, 4.69) is 22.4 Å². The summed E-state index contributed by atoms with van der Waals surface area (Å²) < 4.78 is 20.2. The van der Waals surface area contributed by atoms with Crippen LogP contribution in [0.5, 0.6) is 5.75 Å². The molecule has 7 heteroatoms. The number of benzene rings is 1. The molecule has 0 atom stereocenters. The molecule has 0 spiro atoms. The number of tetrazole rings is 1. The van der Waals surface area contributed by atoms with Crippen molar-refractivity contribution >= 4 is 11.6 Å². The number of hydrogen-bond donors (Lipinski definition) is 0. The molecule has 0 N–H and O–H groups in total. The van der Waals surface area contributed by atoms with Crippen molar-refractivity contribution < 1.29 is 9.13 Å². The summed E-state index contributed by atoms with van der Waals surface area (Å²) in [5.74, 6) is 0.645. The van der Waals surface area contributed by atoms with Crippen LogP contribution in [0.15, 0.2) is 18.2 Å². The molecule has 0 fully saturated rings. The Labute approximate surface area is 115 Å². The van der Waals surface area contributed by atoms with Crippen LogP contribution in [0.4, 0.5) is 4.39 Å². The Kier molecular flexibility index (Phi) is 4.68. The highest BCUT2D eigenvalue weighted by Gasteiger charge is 2.07. The van der Waals surface area contributed by atoms with Crippen molar-refractivity contribution in [2.45, 2.75) is 32.9 Å². The van der Waals surface area contributed by atoms with Gasteiger partial charge in [-0.15, -0.1) is 5.10 Å². The highest BCUT2D eigenvalue weighted by molar-refractivity contribution is 6.30. The van der Waals surface area contributed by atoms with Crippen LogP contribution < -0.4 is 4.74 Å². The first-order chi connectivity index (χ1) is 9.20. The quantitative estimate of drug-likeness (QED) is 0.818. The van der Waals surface area contributed by atoms with E-state index in [9.17, 15) is 4.39 Å². The van der Waals surface area contributed by atoms with Gasteiger partial charge in [0.05, 0.1) is 5.02 Å². The predicted molar refractivity (Wildman–Crippen MR) is 68.5 cm³/mol. The van der Waals surface area contributed by atoms with Crippen LogP contribution in [0.25, 0.3) is 0 Å². The fraction of sp³-hybridized carbons (Fsp3) is 0.417. The van der Waals surface area contributed by atoms with Crippen molar-refractivity contribution in [3.63, 3.8) is 0 Å². The molecule has 0 amide bonds. The van der Waals surface area contributed by atoms with Gasteiger partial charge in [-0.2, -0.15) is 0 Å². The summed E-state index contributed by atoms with van der Waals surface area (Å²) in [6.07, 6.45) is 2.06. The van der Waals surface area contributed by atoms with Crippen LogP contribution in [0.3, 0.4) is 0 Å². The predicted octanol–water partition coefficient (Wildman–Crippen LogP) is 2.84. The fourth-order valence-corrected chi connectivity index (χ4v) is 1.69. The first kappa shape index (κ1) is 13.7. The largest absolute Gasteiger partial charge is 0.485 e. The summed E-state index contributed by atoms with van der Waals surface area (Å²) in [7, 11) is 0. The van der Waals surface area contributed by atoms with Crippen molar-refractivity contribution in [2.24, 2.45) is 0 Å². The van der Waals surface area contributed by atoms with E-state index in [0.717, 1.165) is 19.4 Å². The number of aryl methyl sites for hydroxylation is 1. The Hall–Kier alpha value is -1.69. The first-order valence-electron chi connectivity index (χ1n) is 6.03. The van der Waals surface area contributed by atoms with Gasteiger partial charge in [0, 0.05) is 12.6 Å². The van der Waals surface area contributed by atoms with Gasteiger partial charge >= 0.3 is 0 Å². The molecule has 1 aromatic carbocycles. The maximum atomic E-state index is 13.0. The van der Waals surface area contributed by atoms with Gasteiger partial charge in [-0.05, 0) is 29.0 Å². The standard InChI is InChI=1S/C12H14ClFN4O/c1-2-3-6-18-12(15-16-17-18)8-19-9-4-5-11(14)10(13)7-9/h4-5,7H,2-3,6,8H2,1H3. The zero-order chi connectivity index (χ0) is 13.7. The summed E-state index contributed by atoms with van der Waals surface area (Å²) in [6.45, 7) is 3.08. The lowest BCUT2D eigenvalue weighted by molar-refractivity contribution is 0.285. The van der Waals surface area contributed by atoms with E-state index in [1.807, 2.05) is 0 Å². The Morgan fingerprint density at radius 1 is 1.42 bits per heavy atom. The van der Waals surface area contributed by atoms with Crippen molar-refractivity contribution in [3.8, 4) is 5.75 Å². The number of ether oxygens (including phenoxy) is 1. The third kappa shape index (κ3) is 3.64. The molecule has 0 saturated carbocycles. The smallest absolute Gasteiger partial charge is 0.189 e. The zero-order valence-corrected chi connectivity index (χ0v) is 11.3. The van der Waals surface area contributed by atoms with Gasteiger partial charge in [0.1, 0.15) is 18.2 Å². The van der Waals surface area contributed by atoms with Gasteiger partial charge in [0.2, 0.25) is 0 Å². The molecule has 0 aliphatic carbocycles. The molecule has 2 aromatic rings. The van der Waals surface area contributed by atoms with Gasteiger partial charge in [0.25, 0.3) is 0 Å². The second-order valence-electron chi connectivity index (χ2n) is 4.04. The summed E-state index contributed by atoms with van der Waals surface area (Å²) in [5.41, 5.74) is 0. The Bertz CT molecular complexity index is 546. The van der Waals surface area contributed by atoms with Crippen molar-refractivity contribution in [2.75, 3.05) is 0 Å². The second-order valence-corrected chi connectivity index (χ2v) is 4.44. The number of hydrogen-bond acceptors (Lipinski definition) is 4. The molecular formula is C12H14ClFN4O. The van der Waals surface area contributed by atoms with Crippen LogP contribution >= 0.6 is 11.6 Å². The first-order valence-corrected chi connectivity index (χ1v) is 6.41. The third-order valence-corrected chi connectivity index (χ3v) is 2.88. The maximum Gasteiger partial charge on any atom is 0.189 e. The molecular weight excluding hydrogens is 271 g/mol. The molecule has 1 heterocycles. The SMILES string of the molecule is CCCCn1nnnc1COc1ccc(F)c(Cl)c1. The van der Waals surface area contributed by atoms with Crippen molar-refractivity contribution in [1.29, 1.82) is 0 Å². The Morgan fingerprint density at radius 3 is 3.00 bits per heavy atom. The maximum absolute atomic E-state index is 13.0. The fourth-order valence-electron chi connectivity index (χ4n) is 1.52. The van der Waals surface area contributed by atoms with Gasteiger partial charge in [0.15, 0.2) is 5.82 Å². The van der Waals surface area contributed by atoms with Gasteiger partial charge in [-0.1, -0.05) is 24.9 Å². The zero-order valence-electron chi connectivity index (χ0n) is 10.5. The summed E-state index contributed by atoms with van der Waals surface area (Å²) >= 11 is 5.67. The Morgan fingerprint density at radius 2 is 2.26 bits per heavy atom. The van der Waals surface area contributed by atoms with Crippen LogP contribution in [0, 0.1) is 5.82 Å². The highest BCUT2D eigenvalue weighted by Crippen LogP contribution is 2.21. The van der Waals surface area contributed by atoms with Crippen LogP contribution in [-0.2, 0) is 13.2 Å². The highest BCUT2D eigenvalue weighted by atomic mass is 35.5. The number of nitrogens with zero attached hydrogens (tertiary/aromatic N) is 4. The van der Waals surface area contributed by atoms with Gasteiger partial charge < -0.3 is 4.74 Å². The van der Waals surface area contributed by atoms with Crippen molar-refractivity contribution in [1.82, 2.24) is 20.2 Å². The molecule has 2 rings (SSSR count). The second kappa shape index (κ2) is 6.47. The molecule has 5 nitrogen and oxygen atoms in total.